The van der Waals surface area contributed by atoms with Crippen LogP contribution in [0.2, 0.25) is 0 Å². The minimum absolute atomic E-state index is 0.152. The summed E-state index contributed by atoms with van der Waals surface area (Å²) < 4.78 is 46.8. The van der Waals surface area contributed by atoms with E-state index in [0.29, 0.717) is 11.3 Å². The van der Waals surface area contributed by atoms with Crippen molar-refractivity contribution in [3.8, 4) is 6.07 Å². The molecule has 128 valence electrons. The standard InChI is InChI=1S/C16H11F3N4O2/c1-7(24)25-14-10-13(11(17)12(14)18)22-16(19)23-15(10)21-9-4-2-8(6-20)3-5-9/h2-5,11-12,14H,1H3,(H,21,22,23). The van der Waals surface area contributed by atoms with E-state index in [1.54, 1.807) is 0 Å². The van der Waals surface area contributed by atoms with Crippen molar-refractivity contribution in [2.45, 2.75) is 25.4 Å². The fraction of sp³-hybridized carbons (Fsp3) is 0.250. The van der Waals surface area contributed by atoms with Gasteiger partial charge in [-0.25, -0.2) is 13.8 Å². The number of hydrogen-bond donors (Lipinski definition) is 1. The molecular formula is C16H11F3N4O2. The zero-order valence-electron chi connectivity index (χ0n) is 12.8. The largest absolute Gasteiger partial charge is 0.454 e. The average molecular weight is 348 g/mol. The van der Waals surface area contributed by atoms with E-state index in [4.69, 9.17) is 10.00 Å². The summed E-state index contributed by atoms with van der Waals surface area (Å²) in [4.78, 5) is 18.0. The number of aromatic nitrogens is 2. The molecule has 3 unspecified atom stereocenters. The van der Waals surface area contributed by atoms with Crippen LogP contribution >= 0.6 is 0 Å². The summed E-state index contributed by atoms with van der Waals surface area (Å²) >= 11 is 0. The molecule has 1 aliphatic rings. The molecule has 25 heavy (non-hydrogen) atoms. The highest BCUT2D eigenvalue weighted by Gasteiger charge is 2.47. The molecule has 0 aliphatic heterocycles. The van der Waals surface area contributed by atoms with E-state index in [9.17, 15) is 18.0 Å². The second kappa shape index (κ2) is 6.39. The van der Waals surface area contributed by atoms with Crippen LogP contribution in [0.4, 0.5) is 24.7 Å². The summed E-state index contributed by atoms with van der Waals surface area (Å²) in [7, 11) is 0. The number of benzene rings is 1. The molecule has 1 aromatic heterocycles. The van der Waals surface area contributed by atoms with Gasteiger partial charge in [0.2, 0.25) is 0 Å². The smallest absolute Gasteiger partial charge is 0.310 e. The van der Waals surface area contributed by atoms with Gasteiger partial charge in [-0.2, -0.15) is 14.6 Å². The lowest BCUT2D eigenvalue weighted by Gasteiger charge is -2.17. The van der Waals surface area contributed by atoms with Crippen molar-refractivity contribution < 1.29 is 22.7 Å². The number of nitrogens with one attached hydrogen (secondary N) is 1. The van der Waals surface area contributed by atoms with Gasteiger partial charge < -0.3 is 10.1 Å². The fourth-order valence-corrected chi connectivity index (χ4v) is 2.58. The molecule has 1 aliphatic carbocycles. The van der Waals surface area contributed by atoms with Gasteiger partial charge in [-0.05, 0) is 24.3 Å². The van der Waals surface area contributed by atoms with Crippen molar-refractivity contribution in [3.05, 3.63) is 47.2 Å². The van der Waals surface area contributed by atoms with E-state index in [1.165, 1.54) is 24.3 Å². The number of esters is 1. The highest BCUT2D eigenvalue weighted by Crippen LogP contribution is 2.47. The van der Waals surface area contributed by atoms with E-state index in [2.05, 4.69) is 15.3 Å². The van der Waals surface area contributed by atoms with Gasteiger partial charge in [0.15, 0.2) is 18.4 Å². The second-order valence-electron chi connectivity index (χ2n) is 5.33. The Labute approximate surface area is 140 Å². The number of alkyl halides is 2. The lowest BCUT2D eigenvalue weighted by atomic mass is 10.1. The molecule has 1 aromatic carbocycles. The molecule has 0 fully saturated rings. The van der Waals surface area contributed by atoms with Crippen LogP contribution in [0, 0.1) is 17.4 Å². The summed E-state index contributed by atoms with van der Waals surface area (Å²) in [6.07, 6.45) is -7.27. The van der Waals surface area contributed by atoms with E-state index in [-0.39, 0.29) is 11.4 Å². The zero-order chi connectivity index (χ0) is 18.1. The third kappa shape index (κ3) is 3.10. The maximum atomic E-state index is 14.2. The fourth-order valence-electron chi connectivity index (χ4n) is 2.58. The van der Waals surface area contributed by atoms with Gasteiger partial charge in [-0.1, -0.05) is 0 Å². The van der Waals surface area contributed by atoms with E-state index < -0.39 is 36.2 Å². The van der Waals surface area contributed by atoms with Crippen molar-refractivity contribution in [2.24, 2.45) is 0 Å². The summed E-state index contributed by atoms with van der Waals surface area (Å²) in [5, 5.41) is 11.5. The van der Waals surface area contributed by atoms with Gasteiger partial charge in [-0.3, -0.25) is 4.79 Å². The molecule has 1 N–H and O–H groups in total. The first kappa shape index (κ1) is 16.7. The molecule has 0 spiro atoms. The average Bonchev–Trinajstić information content (AvgIpc) is 2.80. The number of carbonyl (C=O) groups excluding carboxylic acids is 1. The first-order chi connectivity index (χ1) is 11.9. The number of ether oxygens (including phenoxy) is 1. The third-order valence-electron chi connectivity index (χ3n) is 3.63. The van der Waals surface area contributed by atoms with E-state index in [0.717, 1.165) is 6.92 Å². The highest BCUT2D eigenvalue weighted by atomic mass is 19.2. The molecule has 1 heterocycles. The molecule has 6 nitrogen and oxygen atoms in total. The van der Waals surface area contributed by atoms with Crippen molar-refractivity contribution >= 4 is 17.5 Å². The minimum Gasteiger partial charge on any atom is -0.454 e. The summed E-state index contributed by atoms with van der Waals surface area (Å²) in [6.45, 7) is 1.05. The number of nitrogens with zero attached hydrogens (tertiary/aromatic N) is 3. The van der Waals surface area contributed by atoms with E-state index >= 15 is 0 Å². The predicted molar refractivity (Wildman–Crippen MR) is 79.7 cm³/mol. The molecule has 0 radical (unpaired) electrons. The summed E-state index contributed by atoms with van der Waals surface area (Å²) in [6, 6.07) is 7.97. The minimum atomic E-state index is -2.24. The summed E-state index contributed by atoms with van der Waals surface area (Å²) in [5.41, 5.74) is 0.150. The van der Waals surface area contributed by atoms with Crippen LogP contribution in [-0.4, -0.2) is 22.1 Å². The normalized spacial score (nSPS) is 21.3. The zero-order valence-corrected chi connectivity index (χ0v) is 12.8. The number of halogens is 3. The SMILES string of the molecule is CC(=O)OC1c2c(Nc3ccc(C#N)cc3)nc(F)nc2C(F)C1F. The number of rotatable bonds is 3. The van der Waals surface area contributed by atoms with Crippen LogP contribution in [-0.2, 0) is 9.53 Å². The Hall–Kier alpha value is -3.15. The lowest BCUT2D eigenvalue weighted by Crippen LogP contribution is -2.17. The monoisotopic (exact) mass is 348 g/mol. The van der Waals surface area contributed by atoms with Gasteiger partial charge >= 0.3 is 12.0 Å². The Balaban J connectivity index is 2.04. The molecule has 0 saturated heterocycles. The van der Waals surface area contributed by atoms with Crippen LogP contribution in [0.15, 0.2) is 24.3 Å². The van der Waals surface area contributed by atoms with Gasteiger partial charge in [0.05, 0.1) is 22.9 Å². The molecule has 2 aromatic rings. The summed E-state index contributed by atoms with van der Waals surface area (Å²) in [5.74, 6) is -1.03. The third-order valence-corrected chi connectivity index (χ3v) is 3.63. The van der Waals surface area contributed by atoms with Crippen LogP contribution in [0.3, 0.4) is 0 Å². The molecule has 0 saturated carbocycles. The molecule has 3 atom stereocenters. The molecular weight excluding hydrogens is 337 g/mol. The number of fused-ring (bicyclic) bond motifs is 1. The van der Waals surface area contributed by atoms with Crippen LogP contribution < -0.4 is 5.32 Å². The number of hydrogen-bond acceptors (Lipinski definition) is 6. The lowest BCUT2D eigenvalue weighted by molar-refractivity contribution is -0.150. The maximum absolute atomic E-state index is 14.2. The van der Waals surface area contributed by atoms with Crippen molar-refractivity contribution in [1.29, 1.82) is 5.26 Å². The molecule has 0 bridgehead atoms. The Morgan fingerprint density at radius 2 is 1.96 bits per heavy atom. The first-order valence-corrected chi connectivity index (χ1v) is 7.20. The highest BCUT2D eigenvalue weighted by molar-refractivity contribution is 5.68. The molecule has 9 heteroatoms. The predicted octanol–water partition coefficient (Wildman–Crippen LogP) is 3.20. The first-order valence-electron chi connectivity index (χ1n) is 7.20. The Morgan fingerprint density at radius 3 is 2.56 bits per heavy atom. The van der Waals surface area contributed by atoms with Gasteiger partial charge in [0.25, 0.3) is 0 Å². The Bertz CT molecular complexity index is 867. The van der Waals surface area contributed by atoms with Crippen molar-refractivity contribution in [1.82, 2.24) is 9.97 Å². The Kier molecular flexibility index (Phi) is 4.27. The number of carbonyl (C=O) groups is 1. The van der Waals surface area contributed by atoms with Gasteiger partial charge in [0.1, 0.15) is 5.82 Å². The van der Waals surface area contributed by atoms with Gasteiger partial charge in [0, 0.05) is 12.6 Å². The van der Waals surface area contributed by atoms with Crippen molar-refractivity contribution in [2.75, 3.05) is 5.32 Å². The topological polar surface area (TPSA) is 87.9 Å². The Morgan fingerprint density at radius 1 is 1.28 bits per heavy atom. The molecule has 3 rings (SSSR count). The molecule has 0 amide bonds. The maximum Gasteiger partial charge on any atom is 0.310 e. The van der Waals surface area contributed by atoms with Crippen LogP contribution in [0.5, 0.6) is 0 Å². The van der Waals surface area contributed by atoms with E-state index in [1.807, 2.05) is 6.07 Å². The number of nitriles is 1. The quantitative estimate of drug-likeness (QED) is 0.677. The second-order valence-corrected chi connectivity index (χ2v) is 5.33. The van der Waals surface area contributed by atoms with Gasteiger partial charge in [-0.15, -0.1) is 0 Å². The number of anilines is 2. The van der Waals surface area contributed by atoms with Crippen LogP contribution in [0.1, 0.15) is 36.0 Å². The van der Waals surface area contributed by atoms with Crippen molar-refractivity contribution in [3.63, 3.8) is 0 Å². The van der Waals surface area contributed by atoms with Crippen LogP contribution in [0.25, 0.3) is 0 Å².